The quantitative estimate of drug-likeness (QED) is 0.722. The van der Waals surface area contributed by atoms with Crippen LogP contribution in [0.5, 0.6) is 0 Å². The van der Waals surface area contributed by atoms with Gasteiger partial charge in [0.2, 0.25) is 5.95 Å². The lowest BCUT2D eigenvalue weighted by atomic mass is 10.1. The average molecular weight is 346 g/mol. The van der Waals surface area contributed by atoms with Crippen molar-refractivity contribution >= 4 is 42.2 Å². The van der Waals surface area contributed by atoms with Crippen LogP contribution in [0, 0.1) is 5.95 Å². The van der Waals surface area contributed by atoms with Gasteiger partial charge in [-0.25, -0.2) is 18.4 Å². The van der Waals surface area contributed by atoms with Crippen LogP contribution < -0.4 is 0 Å². The second-order valence-corrected chi connectivity index (χ2v) is 7.07. The molecule has 0 aliphatic rings. The molecule has 5 nitrogen and oxygen atoms in total. The van der Waals surface area contributed by atoms with Crippen LogP contribution in [0.4, 0.5) is 4.39 Å². The summed E-state index contributed by atoms with van der Waals surface area (Å²) in [5.41, 5.74) is 0.473. The summed E-state index contributed by atoms with van der Waals surface area (Å²) in [6, 6.07) is 2.94. The van der Waals surface area contributed by atoms with Crippen molar-refractivity contribution < 1.29 is 12.8 Å². The molecule has 0 aliphatic carbocycles. The third-order valence-corrected chi connectivity index (χ3v) is 4.60. The molecule has 0 amide bonds. The van der Waals surface area contributed by atoms with Crippen LogP contribution >= 0.6 is 22.3 Å². The van der Waals surface area contributed by atoms with Gasteiger partial charge < -0.3 is 4.98 Å². The van der Waals surface area contributed by atoms with Crippen molar-refractivity contribution in [2.75, 3.05) is 0 Å². The molecule has 0 unspecified atom stereocenters. The van der Waals surface area contributed by atoms with Crippen LogP contribution in [0.1, 0.15) is 0 Å². The minimum absolute atomic E-state index is 0.0755. The maximum atomic E-state index is 13.8. The molecule has 0 bridgehead atoms. The van der Waals surface area contributed by atoms with Crippen molar-refractivity contribution in [3.05, 3.63) is 41.7 Å². The monoisotopic (exact) mass is 345 g/mol. The van der Waals surface area contributed by atoms with E-state index in [-0.39, 0.29) is 21.2 Å². The molecule has 1 aromatic carbocycles. The van der Waals surface area contributed by atoms with Crippen molar-refractivity contribution in [3.8, 4) is 11.3 Å². The van der Waals surface area contributed by atoms with E-state index in [0.29, 0.717) is 10.9 Å². The summed E-state index contributed by atoms with van der Waals surface area (Å²) in [6.07, 6.45) is 3.74. The van der Waals surface area contributed by atoms with Gasteiger partial charge in [-0.05, 0) is 12.1 Å². The van der Waals surface area contributed by atoms with Crippen LogP contribution in [0.3, 0.4) is 0 Å². The van der Waals surface area contributed by atoms with Gasteiger partial charge in [-0.2, -0.15) is 4.39 Å². The Morgan fingerprint density at radius 2 is 1.90 bits per heavy atom. The Morgan fingerprint density at radius 3 is 2.57 bits per heavy atom. The molecular weight excluding hydrogens is 340 g/mol. The van der Waals surface area contributed by atoms with Gasteiger partial charge in [0.1, 0.15) is 10.6 Å². The summed E-state index contributed by atoms with van der Waals surface area (Å²) in [5, 5.41) is 0.511. The van der Waals surface area contributed by atoms with E-state index in [1.165, 1.54) is 30.7 Å². The molecule has 0 atom stereocenters. The Balaban J connectivity index is 2.42. The number of rotatable bonds is 2. The zero-order valence-electron chi connectivity index (χ0n) is 10.1. The number of aromatic amines is 1. The number of halogens is 3. The first-order valence-electron chi connectivity index (χ1n) is 5.60. The molecule has 0 spiro atoms. The number of nitrogens with one attached hydrogen (secondary N) is 1. The molecular formula is C12H6Cl2FN3O2S. The number of hydrogen-bond donors (Lipinski definition) is 1. The zero-order valence-corrected chi connectivity index (χ0v) is 12.5. The van der Waals surface area contributed by atoms with Gasteiger partial charge in [-0.1, -0.05) is 11.6 Å². The summed E-state index contributed by atoms with van der Waals surface area (Å²) in [4.78, 5) is 10.1. The Morgan fingerprint density at radius 1 is 1.19 bits per heavy atom. The Bertz CT molecular complexity index is 956. The van der Waals surface area contributed by atoms with Gasteiger partial charge >= 0.3 is 0 Å². The molecule has 9 heteroatoms. The van der Waals surface area contributed by atoms with Gasteiger partial charge in [-0.15, -0.1) is 0 Å². The van der Waals surface area contributed by atoms with E-state index in [0.717, 1.165) is 0 Å². The Labute approximate surface area is 128 Å². The lowest BCUT2D eigenvalue weighted by molar-refractivity contribution is 0.581. The first-order valence-corrected chi connectivity index (χ1v) is 8.29. The second kappa shape index (κ2) is 4.94. The van der Waals surface area contributed by atoms with Crippen molar-refractivity contribution in [2.24, 2.45) is 0 Å². The van der Waals surface area contributed by atoms with Crippen LogP contribution in [0.2, 0.25) is 5.02 Å². The first kappa shape index (κ1) is 14.2. The third-order valence-electron chi connectivity index (χ3n) is 2.92. The summed E-state index contributed by atoms with van der Waals surface area (Å²) in [5.74, 6) is -0.809. The molecule has 0 saturated heterocycles. The van der Waals surface area contributed by atoms with Crippen molar-refractivity contribution in [2.45, 2.75) is 4.90 Å². The van der Waals surface area contributed by atoms with Crippen LogP contribution in [-0.2, 0) is 9.05 Å². The van der Waals surface area contributed by atoms with E-state index < -0.39 is 15.0 Å². The Kier molecular flexibility index (Phi) is 3.35. The molecule has 3 rings (SSSR count). The number of aromatic nitrogens is 3. The average Bonchev–Trinajstić information content (AvgIpc) is 2.84. The van der Waals surface area contributed by atoms with Gasteiger partial charge in [0.15, 0.2) is 0 Å². The smallest absolute Gasteiger partial charge is 0.263 e. The maximum absolute atomic E-state index is 13.8. The van der Waals surface area contributed by atoms with E-state index >= 15 is 0 Å². The molecule has 2 heterocycles. The molecule has 0 aliphatic heterocycles. The number of hydrogen-bond acceptors (Lipinski definition) is 4. The van der Waals surface area contributed by atoms with E-state index in [2.05, 4.69) is 15.0 Å². The SMILES string of the molecule is O=S(=O)(Cl)c1c[nH]c2c(-c3nccnc3F)c(Cl)ccc12. The first-order chi connectivity index (χ1) is 9.89. The summed E-state index contributed by atoms with van der Waals surface area (Å²) >= 11 is 6.10. The van der Waals surface area contributed by atoms with Gasteiger partial charge in [0.05, 0.1) is 10.5 Å². The lowest BCUT2D eigenvalue weighted by Gasteiger charge is -2.06. The molecule has 0 saturated carbocycles. The van der Waals surface area contributed by atoms with Crippen molar-refractivity contribution in [3.63, 3.8) is 0 Å². The standard InChI is InChI=1S/C12H6Cl2FN3O2S/c13-7-2-1-6-8(21(14,19)20)5-18-10(6)9(7)11-12(15)17-4-3-16-11/h1-5,18H. The maximum Gasteiger partial charge on any atom is 0.263 e. The summed E-state index contributed by atoms with van der Waals surface area (Å²) in [7, 11) is 1.43. The summed E-state index contributed by atoms with van der Waals surface area (Å²) in [6.45, 7) is 0. The van der Waals surface area contributed by atoms with Crippen LogP contribution in [0.25, 0.3) is 22.2 Å². The van der Waals surface area contributed by atoms with Crippen LogP contribution in [0.15, 0.2) is 35.6 Å². The molecule has 108 valence electrons. The van der Waals surface area contributed by atoms with E-state index in [1.54, 1.807) is 0 Å². The van der Waals surface area contributed by atoms with Gasteiger partial charge in [0, 0.05) is 40.2 Å². The van der Waals surface area contributed by atoms with Crippen molar-refractivity contribution in [1.82, 2.24) is 15.0 Å². The number of benzene rings is 1. The molecule has 3 aromatic rings. The fraction of sp³-hybridized carbons (Fsp3) is 0. The molecule has 0 radical (unpaired) electrons. The number of H-pyrrole nitrogens is 1. The van der Waals surface area contributed by atoms with Crippen molar-refractivity contribution in [1.29, 1.82) is 0 Å². The highest BCUT2D eigenvalue weighted by atomic mass is 35.7. The summed E-state index contributed by atoms with van der Waals surface area (Å²) < 4.78 is 36.9. The van der Waals surface area contributed by atoms with Gasteiger partial charge in [-0.3, -0.25) is 0 Å². The fourth-order valence-corrected chi connectivity index (χ4v) is 3.33. The molecule has 2 aromatic heterocycles. The molecule has 21 heavy (non-hydrogen) atoms. The zero-order chi connectivity index (χ0) is 15.2. The normalized spacial score (nSPS) is 12.0. The molecule has 1 N–H and O–H groups in total. The lowest BCUT2D eigenvalue weighted by Crippen LogP contribution is -1.94. The second-order valence-electron chi connectivity index (χ2n) is 4.13. The van der Waals surface area contributed by atoms with Gasteiger partial charge in [0.25, 0.3) is 9.05 Å². The highest BCUT2D eigenvalue weighted by Gasteiger charge is 2.21. The van der Waals surface area contributed by atoms with Crippen LogP contribution in [-0.4, -0.2) is 23.4 Å². The fourth-order valence-electron chi connectivity index (χ4n) is 2.07. The predicted molar refractivity (Wildman–Crippen MR) is 77.3 cm³/mol. The van der Waals surface area contributed by atoms with E-state index in [1.807, 2.05) is 0 Å². The van der Waals surface area contributed by atoms with E-state index in [4.69, 9.17) is 22.3 Å². The Hall–Kier alpha value is -1.70. The number of fused-ring (bicyclic) bond motifs is 1. The highest BCUT2D eigenvalue weighted by molar-refractivity contribution is 8.14. The number of nitrogens with zero attached hydrogens (tertiary/aromatic N) is 2. The third kappa shape index (κ3) is 2.37. The predicted octanol–water partition coefficient (Wildman–Crippen LogP) is 3.34. The highest BCUT2D eigenvalue weighted by Crippen LogP contribution is 2.37. The van der Waals surface area contributed by atoms with E-state index in [9.17, 15) is 12.8 Å². The largest absolute Gasteiger partial charge is 0.359 e. The topological polar surface area (TPSA) is 75.7 Å². The minimum atomic E-state index is -3.94. The minimum Gasteiger partial charge on any atom is -0.359 e. The molecule has 0 fully saturated rings.